The predicted octanol–water partition coefficient (Wildman–Crippen LogP) is 4.12. The van der Waals surface area contributed by atoms with Gasteiger partial charge < -0.3 is 12.7 Å². The molecule has 1 rings (SSSR count). The number of alkyl halides is 9. The fourth-order valence-corrected chi connectivity index (χ4v) is 15.0. The molecule has 1 saturated heterocycles. The molecule has 1 aliphatic rings. The average molecular weight is 463 g/mol. The van der Waals surface area contributed by atoms with Gasteiger partial charge in [-0.1, -0.05) is 0 Å². The molecule has 0 saturated carbocycles. The van der Waals surface area contributed by atoms with Gasteiger partial charge in [0.25, 0.3) is 0 Å². The van der Waals surface area contributed by atoms with Gasteiger partial charge in [-0.15, -0.1) is 0 Å². The second kappa shape index (κ2) is 9.15. The molecule has 0 aliphatic carbocycles. The van der Waals surface area contributed by atoms with Crippen molar-refractivity contribution in [2.75, 3.05) is 19.6 Å². The SMILES string of the molecule is C[Si]1N(CCC(F)(F)F)[Si](C)N(CCC(F)(F)F)[Si](C)N1CCC(F)(F)F. The van der Waals surface area contributed by atoms with E-state index < -0.39 is 84.8 Å². The van der Waals surface area contributed by atoms with Crippen LogP contribution in [0.3, 0.4) is 0 Å². The molecule has 0 spiro atoms. The number of nitrogens with zero attached hydrogens (tertiary/aromatic N) is 3. The number of hydrogen-bond donors (Lipinski definition) is 0. The highest BCUT2D eigenvalue weighted by Crippen LogP contribution is 2.28. The quantitative estimate of drug-likeness (QED) is 0.434. The van der Waals surface area contributed by atoms with Gasteiger partial charge in [-0.2, -0.15) is 39.5 Å². The van der Waals surface area contributed by atoms with E-state index in [0.717, 1.165) is 0 Å². The highest BCUT2D eigenvalue weighted by Gasteiger charge is 2.47. The van der Waals surface area contributed by atoms with E-state index in [1.54, 1.807) is 19.6 Å². The molecule has 0 aromatic carbocycles. The standard InChI is InChI=1S/C12H21F9N3Si3/c1-25-22(7-4-10(13,14)15)26(2)24(9-6-12(19,20)21)27(3)23(25)8-5-11(16,17)18/h4-9H2,1-3H3. The van der Waals surface area contributed by atoms with Crippen molar-refractivity contribution < 1.29 is 39.5 Å². The van der Waals surface area contributed by atoms with Crippen LogP contribution in [0.2, 0.25) is 19.6 Å². The molecule has 0 amide bonds. The molecular weight excluding hydrogens is 441 g/mol. The lowest BCUT2D eigenvalue weighted by Crippen LogP contribution is -2.75. The average Bonchev–Trinajstić information content (AvgIpc) is 2.43. The van der Waals surface area contributed by atoms with Crippen molar-refractivity contribution >= 4 is 27.4 Å². The van der Waals surface area contributed by atoms with E-state index in [1.165, 1.54) is 12.7 Å². The first kappa shape index (κ1) is 24.9. The predicted molar refractivity (Wildman–Crippen MR) is 87.0 cm³/mol. The summed E-state index contributed by atoms with van der Waals surface area (Å²) < 4.78 is 118. The second-order valence-electron chi connectivity index (χ2n) is 6.19. The van der Waals surface area contributed by atoms with Crippen molar-refractivity contribution in [1.29, 1.82) is 0 Å². The van der Waals surface area contributed by atoms with Crippen LogP contribution in [0, 0.1) is 0 Å². The van der Waals surface area contributed by atoms with Crippen LogP contribution in [0.5, 0.6) is 0 Å². The molecular formula is C12H21F9N3Si3. The van der Waals surface area contributed by atoms with Gasteiger partial charge in [0.15, 0.2) is 0 Å². The van der Waals surface area contributed by atoms with E-state index in [-0.39, 0.29) is 0 Å². The molecule has 0 N–H and O–H groups in total. The Morgan fingerprint density at radius 3 is 0.815 bits per heavy atom. The maximum absolute atomic E-state index is 12.6. The minimum atomic E-state index is -4.44. The summed E-state index contributed by atoms with van der Waals surface area (Å²) in [6.07, 6.45) is -16.7. The number of hydrogen-bond acceptors (Lipinski definition) is 3. The smallest absolute Gasteiger partial charge is 0.322 e. The van der Waals surface area contributed by atoms with Gasteiger partial charge in [0, 0.05) is 0 Å². The van der Waals surface area contributed by atoms with Gasteiger partial charge >= 0.3 is 18.5 Å². The third kappa shape index (κ3) is 8.43. The van der Waals surface area contributed by atoms with Gasteiger partial charge in [0.2, 0.25) is 27.4 Å². The lowest BCUT2D eigenvalue weighted by atomic mass is 10.4. The van der Waals surface area contributed by atoms with E-state index in [9.17, 15) is 39.5 Å². The summed E-state index contributed by atoms with van der Waals surface area (Å²) in [5.74, 6) is 0. The lowest BCUT2D eigenvalue weighted by Gasteiger charge is -2.53. The molecule has 0 bridgehead atoms. The molecule has 1 fully saturated rings. The lowest BCUT2D eigenvalue weighted by molar-refractivity contribution is -0.134. The monoisotopic (exact) mass is 462 g/mol. The maximum Gasteiger partial charge on any atom is 0.390 e. The minimum Gasteiger partial charge on any atom is -0.322 e. The second-order valence-corrected chi connectivity index (χ2v) is 14.1. The summed E-state index contributed by atoms with van der Waals surface area (Å²) in [7, 11) is -5.59. The van der Waals surface area contributed by atoms with Crippen molar-refractivity contribution in [3.63, 3.8) is 0 Å². The Kier molecular flexibility index (Phi) is 8.45. The Balaban J connectivity index is 3.00. The molecule has 0 aromatic rings. The van der Waals surface area contributed by atoms with Crippen molar-refractivity contribution in [3.05, 3.63) is 0 Å². The van der Waals surface area contributed by atoms with Crippen LogP contribution in [0.4, 0.5) is 39.5 Å². The molecule has 0 atom stereocenters. The third-order valence-corrected chi connectivity index (χ3v) is 16.1. The summed E-state index contributed by atoms with van der Waals surface area (Å²) in [6.45, 7) is 3.67. The highest BCUT2D eigenvalue weighted by molar-refractivity contribution is 6.84. The molecule has 15 heteroatoms. The number of rotatable bonds is 6. The normalized spacial score (nSPS) is 21.3. The Labute approximate surface area is 157 Å². The fourth-order valence-electron chi connectivity index (χ4n) is 2.83. The van der Waals surface area contributed by atoms with Crippen LogP contribution in [-0.2, 0) is 0 Å². The van der Waals surface area contributed by atoms with E-state index in [4.69, 9.17) is 0 Å². The van der Waals surface area contributed by atoms with Crippen molar-refractivity contribution in [1.82, 2.24) is 12.7 Å². The van der Waals surface area contributed by atoms with Gasteiger partial charge in [0.1, 0.15) is 0 Å². The largest absolute Gasteiger partial charge is 0.390 e. The van der Waals surface area contributed by atoms with E-state index in [2.05, 4.69) is 0 Å². The molecule has 3 nitrogen and oxygen atoms in total. The van der Waals surface area contributed by atoms with Crippen LogP contribution in [0.1, 0.15) is 19.3 Å². The van der Waals surface area contributed by atoms with E-state index >= 15 is 0 Å². The minimum absolute atomic E-state index is 0.403. The van der Waals surface area contributed by atoms with Crippen molar-refractivity contribution in [2.24, 2.45) is 0 Å². The Bertz CT molecular complexity index is 393. The first-order valence-electron chi connectivity index (χ1n) is 8.05. The summed E-state index contributed by atoms with van der Waals surface area (Å²) in [5.41, 5.74) is 0. The molecule has 3 radical (unpaired) electrons. The van der Waals surface area contributed by atoms with Crippen LogP contribution >= 0.6 is 0 Å². The maximum atomic E-state index is 12.6. The van der Waals surface area contributed by atoms with Crippen LogP contribution in [0.15, 0.2) is 0 Å². The summed E-state index contributed by atoms with van der Waals surface area (Å²) in [6, 6.07) is 0. The fraction of sp³-hybridized carbons (Fsp3) is 1.00. The van der Waals surface area contributed by atoms with Crippen LogP contribution in [0.25, 0.3) is 0 Å². The number of halogens is 9. The summed E-state index contributed by atoms with van der Waals surface area (Å²) in [4.78, 5) is 0. The van der Waals surface area contributed by atoms with Gasteiger partial charge in [0.05, 0.1) is 19.3 Å². The van der Waals surface area contributed by atoms with Crippen LogP contribution in [-0.4, -0.2) is 78.2 Å². The zero-order valence-corrected chi connectivity index (χ0v) is 18.0. The third-order valence-electron chi connectivity index (χ3n) is 4.20. The first-order chi connectivity index (χ1) is 12.0. The van der Waals surface area contributed by atoms with Crippen molar-refractivity contribution in [2.45, 2.75) is 57.4 Å². The Morgan fingerprint density at radius 1 is 0.481 bits per heavy atom. The van der Waals surface area contributed by atoms with E-state index in [0.29, 0.717) is 0 Å². The molecule has 0 aromatic heterocycles. The highest BCUT2D eigenvalue weighted by atomic mass is 28.4. The molecule has 27 heavy (non-hydrogen) atoms. The van der Waals surface area contributed by atoms with Crippen LogP contribution < -0.4 is 0 Å². The van der Waals surface area contributed by atoms with Crippen molar-refractivity contribution in [3.8, 4) is 0 Å². The van der Waals surface area contributed by atoms with E-state index in [1.807, 2.05) is 0 Å². The first-order valence-corrected chi connectivity index (χ1v) is 13.7. The molecule has 1 aliphatic heterocycles. The Morgan fingerprint density at radius 2 is 0.667 bits per heavy atom. The van der Waals surface area contributed by atoms with Gasteiger partial charge in [-0.25, -0.2) is 0 Å². The summed E-state index contributed by atoms with van der Waals surface area (Å²) in [5, 5.41) is 0. The zero-order chi connectivity index (χ0) is 21.2. The summed E-state index contributed by atoms with van der Waals surface area (Å²) >= 11 is 0. The Hall–Kier alpha value is -0.0994. The molecule has 1 heterocycles. The molecule has 159 valence electrons. The zero-order valence-electron chi connectivity index (χ0n) is 15.0. The van der Waals surface area contributed by atoms with Gasteiger partial charge in [-0.05, 0) is 39.3 Å². The van der Waals surface area contributed by atoms with Gasteiger partial charge in [-0.3, -0.25) is 0 Å². The molecule has 0 unspecified atom stereocenters. The topological polar surface area (TPSA) is 9.72 Å².